The first-order valence-electron chi connectivity index (χ1n) is 7.50. The van der Waals surface area contributed by atoms with Gasteiger partial charge in [0.15, 0.2) is 0 Å². The maximum absolute atomic E-state index is 11.9. The number of hydrogen-bond donors (Lipinski definition) is 1. The average Bonchev–Trinajstić information content (AvgIpc) is 2.35. The van der Waals surface area contributed by atoms with Gasteiger partial charge in [0.25, 0.3) is 0 Å². The number of aliphatic hydroxyl groups excluding tert-OH is 1. The molecule has 0 aromatic rings. The van der Waals surface area contributed by atoms with Gasteiger partial charge in [-0.3, -0.25) is 9.69 Å². The van der Waals surface area contributed by atoms with Crippen molar-refractivity contribution in [2.24, 2.45) is 5.41 Å². The minimum Gasteiger partial charge on any atom is -0.391 e. The number of piperazine rings is 1. The molecule has 0 saturated carbocycles. The monoisotopic (exact) mass is 286 g/mol. The number of nitrogens with zero attached hydrogens (tertiary/aromatic N) is 2. The first kappa shape index (κ1) is 17.4. The molecule has 1 heterocycles. The van der Waals surface area contributed by atoms with Crippen molar-refractivity contribution in [2.45, 2.75) is 46.8 Å². The predicted octanol–water partition coefficient (Wildman–Crippen LogP) is 0.963. The molecule has 0 radical (unpaired) electrons. The molecule has 5 nitrogen and oxygen atoms in total. The van der Waals surface area contributed by atoms with E-state index in [9.17, 15) is 9.90 Å². The second-order valence-electron chi connectivity index (χ2n) is 6.92. The van der Waals surface area contributed by atoms with Crippen molar-refractivity contribution in [3.8, 4) is 0 Å². The maximum Gasteiger partial charge on any atom is 0.248 e. The van der Waals surface area contributed by atoms with Gasteiger partial charge in [0, 0.05) is 32.7 Å². The standard InChI is InChI=1S/C15H30N2O3/c1-12(2)20-11-14(19)17-8-6-16(7-9-17)10-13(18)15(3,4)5/h12-13,18H,6-11H2,1-5H3/t13-/m0/s1. The molecular weight excluding hydrogens is 256 g/mol. The summed E-state index contributed by atoms with van der Waals surface area (Å²) < 4.78 is 5.35. The van der Waals surface area contributed by atoms with E-state index in [0.29, 0.717) is 6.54 Å². The van der Waals surface area contributed by atoms with Gasteiger partial charge >= 0.3 is 0 Å². The smallest absolute Gasteiger partial charge is 0.248 e. The fraction of sp³-hybridized carbons (Fsp3) is 0.933. The summed E-state index contributed by atoms with van der Waals surface area (Å²) in [4.78, 5) is 16.0. The Morgan fingerprint density at radius 3 is 2.20 bits per heavy atom. The third-order valence-electron chi connectivity index (χ3n) is 3.70. The maximum atomic E-state index is 11.9. The Balaban J connectivity index is 2.31. The van der Waals surface area contributed by atoms with E-state index in [1.54, 1.807) is 0 Å². The molecule has 118 valence electrons. The van der Waals surface area contributed by atoms with Crippen LogP contribution in [-0.4, -0.2) is 72.4 Å². The lowest BCUT2D eigenvalue weighted by Crippen LogP contribution is -2.52. The lowest BCUT2D eigenvalue weighted by Gasteiger charge is -2.38. The average molecular weight is 286 g/mol. The number of aliphatic hydroxyl groups is 1. The molecule has 1 saturated heterocycles. The number of β-amino-alcohol motifs (C(OH)–C–C–N with tert-alkyl or cyclic N) is 1. The van der Waals surface area contributed by atoms with E-state index >= 15 is 0 Å². The first-order chi connectivity index (χ1) is 9.20. The molecule has 0 aliphatic carbocycles. The lowest BCUT2D eigenvalue weighted by molar-refractivity contribution is -0.139. The summed E-state index contributed by atoms with van der Waals surface area (Å²) >= 11 is 0. The summed E-state index contributed by atoms with van der Waals surface area (Å²) in [6.07, 6.45) is -0.254. The van der Waals surface area contributed by atoms with Crippen LogP contribution < -0.4 is 0 Å². The molecule has 0 bridgehead atoms. The summed E-state index contributed by atoms with van der Waals surface area (Å²) in [5, 5.41) is 10.1. The summed E-state index contributed by atoms with van der Waals surface area (Å²) in [6, 6.07) is 0. The number of rotatable bonds is 5. The summed E-state index contributed by atoms with van der Waals surface area (Å²) in [5.74, 6) is 0.0646. The molecule has 1 aliphatic rings. The SMILES string of the molecule is CC(C)OCC(=O)N1CCN(C[C@H](O)C(C)(C)C)CC1. The minimum atomic E-state index is -0.339. The fourth-order valence-corrected chi connectivity index (χ4v) is 2.03. The van der Waals surface area contributed by atoms with Gasteiger partial charge in [-0.1, -0.05) is 20.8 Å². The number of hydrogen-bond acceptors (Lipinski definition) is 4. The second-order valence-corrected chi connectivity index (χ2v) is 6.92. The number of ether oxygens (including phenoxy) is 1. The zero-order valence-electron chi connectivity index (χ0n) is 13.6. The molecular formula is C15H30N2O3. The summed E-state index contributed by atoms with van der Waals surface area (Å²) in [6.45, 7) is 13.9. The lowest BCUT2D eigenvalue weighted by atomic mass is 9.89. The molecule has 1 aliphatic heterocycles. The molecule has 20 heavy (non-hydrogen) atoms. The Bertz CT molecular complexity index is 305. The van der Waals surface area contributed by atoms with Crippen LogP contribution in [0, 0.1) is 5.41 Å². The largest absolute Gasteiger partial charge is 0.391 e. The van der Waals surface area contributed by atoms with Gasteiger partial charge in [0.2, 0.25) is 5.91 Å². The molecule has 0 spiro atoms. The van der Waals surface area contributed by atoms with Crippen molar-refractivity contribution in [1.82, 2.24) is 9.80 Å². The molecule has 0 aromatic heterocycles. The van der Waals surface area contributed by atoms with Gasteiger partial charge in [0.05, 0.1) is 12.2 Å². The number of carbonyl (C=O) groups is 1. The Hall–Kier alpha value is -0.650. The number of carbonyl (C=O) groups excluding carboxylic acids is 1. The topological polar surface area (TPSA) is 53.0 Å². The van der Waals surface area contributed by atoms with Crippen LogP contribution in [0.1, 0.15) is 34.6 Å². The van der Waals surface area contributed by atoms with Crippen LogP contribution in [0.15, 0.2) is 0 Å². The second kappa shape index (κ2) is 7.38. The van der Waals surface area contributed by atoms with Crippen molar-refractivity contribution in [3.05, 3.63) is 0 Å². The van der Waals surface area contributed by atoms with E-state index in [4.69, 9.17) is 4.74 Å². The van der Waals surface area contributed by atoms with E-state index in [-0.39, 0.29) is 30.1 Å². The molecule has 1 N–H and O–H groups in total. The van der Waals surface area contributed by atoms with Crippen LogP contribution in [0.25, 0.3) is 0 Å². The highest BCUT2D eigenvalue weighted by Crippen LogP contribution is 2.20. The van der Waals surface area contributed by atoms with Crippen molar-refractivity contribution in [2.75, 3.05) is 39.3 Å². The summed E-state index contributed by atoms with van der Waals surface area (Å²) in [7, 11) is 0. The van der Waals surface area contributed by atoms with Crippen molar-refractivity contribution in [1.29, 1.82) is 0 Å². The van der Waals surface area contributed by atoms with Crippen molar-refractivity contribution >= 4 is 5.91 Å². The van der Waals surface area contributed by atoms with Gasteiger partial charge < -0.3 is 14.7 Å². The van der Waals surface area contributed by atoms with Crippen LogP contribution in [0.2, 0.25) is 0 Å². The Morgan fingerprint density at radius 1 is 1.20 bits per heavy atom. The quantitative estimate of drug-likeness (QED) is 0.818. The van der Waals surface area contributed by atoms with E-state index in [1.807, 2.05) is 39.5 Å². The van der Waals surface area contributed by atoms with Gasteiger partial charge in [-0.25, -0.2) is 0 Å². The third-order valence-corrected chi connectivity index (χ3v) is 3.70. The highest BCUT2D eigenvalue weighted by molar-refractivity contribution is 5.77. The molecule has 1 amide bonds. The van der Waals surface area contributed by atoms with Gasteiger partial charge in [-0.2, -0.15) is 0 Å². The Labute approximate surface area is 122 Å². The van der Waals surface area contributed by atoms with Crippen LogP contribution in [0.5, 0.6) is 0 Å². The molecule has 0 aromatic carbocycles. The highest BCUT2D eigenvalue weighted by Gasteiger charge is 2.27. The highest BCUT2D eigenvalue weighted by atomic mass is 16.5. The van der Waals surface area contributed by atoms with Gasteiger partial charge in [-0.15, -0.1) is 0 Å². The molecule has 1 atom stereocenters. The fourth-order valence-electron chi connectivity index (χ4n) is 2.03. The van der Waals surface area contributed by atoms with Crippen LogP contribution in [0.4, 0.5) is 0 Å². The van der Waals surface area contributed by atoms with Crippen LogP contribution in [-0.2, 0) is 9.53 Å². The normalized spacial score (nSPS) is 19.4. The Morgan fingerprint density at radius 2 is 1.75 bits per heavy atom. The van der Waals surface area contributed by atoms with Crippen molar-refractivity contribution < 1.29 is 14.6 Å². The van der Waals surface area contributed by atoms with Crippen molar-refractivity contribution in [3.63, 3.8) is 0 Å². The van der Waals surface area contributed by atoms with E-state index in [1.165, 1.54) is 0 Å². The molecule has 0 unspecified atom stereocenters. The molecule has 1 rings (SSSR count). The van der Waals surface area contributed by atoms with E-state index in [0.717, 1.165) is 26.2 Å². The first-order valence-corrected chi connectivity index (χ1v) is 7.50. The summed E-state index contributed by atoms with van der Waals surface area (Å²) in [5.41, 5.74) is -0.0991. The predicted molar refractivity (Wildman–Crippen MR) is 79.6 cm³/mol. The molecule has 5 heteroatoms. The van der Waals surface area contributed by atoms with Crippen LogP contribution in [0.3, 0.4) is 0 Å². The number of amides is 1. The Kier molecular flexibility index (Phi) is 6.43. The third kappa shape index (κ3) is 5.77. The van der Waals surface area contributed by atoms with Crippen LogP contribution >= 0.6 is 0 Å². The minimum absolute atomic E-state index is 0.0646. The van der Waals surface area contributed by atoms with E-state index < -0.39 is 0 Å². The van der Waals surface area contributed by atoms with Gasteiger partial charge in [-0.05, 0) is 19.3 Å². The van der Waals surface area contributed by atoms with Gasteiger partial charge in [0.1, 0.15) is 6.61 Å². The zero-order valence-corrected chi connectivity index (χ0v) is 13.6. The zero-order chi connectivity index (χ0) is 15.3. The molecule has 1 fully saturated rings. The van der Waals surface area contributed by atoms with E-state index in [2.05, 4.69) is 4.90 Å².